The van der Waals surface area contributed by atoms with E-state index in [4.69, 9.17) is 11.5 Å². The Bertz CT molecular complexity index is 772. The molecular formula is C11H12N6OS. The van der Waals surface area contributed by atoms with Gasteiger partial charge < -0.3 is 11.5 Å². The first kappa shape index (κ1) is 11.7. The number of aromatic nitrogens is 4. The maximum absolute atomic E-state index is 11.7. The van der Waals surface area contributed by atoms with Crippen LogP contribution in [-0.4, -0.2) is 19.5 Å². The van der Waals surface area contributed by atoms with Crippen LogP contribution in [0.4, 0.5) is 11.9 Å². The summed E-state index contributed by atoms with van der Waals surface area (Å²) >= 11 is 1.67. The number of aromatic amines is 1. The van der Waals surface area contributed by atoms with Gasteiger partial charge in [-0.1, -0.05) is 6.07 Å². The summed E-state index contributed by atoms with van der Waals surface area (Å²) < 4.78 is 1.71. The van der Waals surface area contributed by atoms with Gasteiger partial charge in [-0.2, -0.15) is 4.98 Å². The predicted octanol–water partition coefficient (Wildman–Crippen LogP) is 0.588. The number of nitrogens with zero attached hydrogens (tertiary/aromatic N) is 3. The molecule has 3 heterocycles. The van der Waals surface area contributed by atoms with Crippen LogP contribution in [0, 0.1) is 0 Å². The van der Waals surface area contributed by atoms with Crippen LogP contribution >= 0.6 is 11.3 Å². The summed E-state index contributed by atoms with van der Waals surface area (Å²) in [6, 6.07) is 4.05. The number of imidazole rings is 1. The Morgan fingerprint density at radius 3 is 2.95 bits per heavy atom. The summed E-state index contributed by atoms with van der Waals surface area (Å²) in [5, 5.41) is 2.02. The average molecular weight is 276 g/mol. The van der Waals surface area contributed by atoms with E-state index in [2.05, 4.69) is 21.0 Å². The van der Waals surface area contributed by atoms with Gasteiger partial charge in [0.25, 0.3) is 5.56 Å². The highest BCUT2D eigenvalue weighted by atomic mass is 32.1. The lowest BCUT2D eigenvalue weighted by Gasteiger charge is -2.04. The number of aryl methyl sites for hydroxylation is 2. The first-order chi connectivity index (χ1) is 9.15. The van der Waals surface area contributed by atoms with Gasteiger partial charge in [0, 0.05) is 11.4 Å². The second kappa shape index (κ2) is 4.39. The van der Waals surface area contributed by atoms with Crippen molar-refractivity contribution in [3.8, 4) is 0 Å². The van der Waals surface area contributed by atoms with E-state index < -0.39 is 0 Å². The van der Waals surface area contributed by atoms with Gasteiger partial charge in [-0.05, 0) is 17.9 Å². The largest absolute Gasteiger partial charge is 0.369 e. The van der Waals surface area contributed by atoms with E-state index in [-0.39, 0.29) is 23.0 Å². The molecule has 8 heteroatoms. The molecule has 7 nitrogen and oxygen atoms in total. The Kier molecular flexibility index (Phi) is 2.71. The van der Waals surface area contributed by atoms with E-state index >= 15 is 0 Å². The Morgan fingerprint density at radius 1 is 1.37 bits per heavy atom. The molecule has 3 rings (SSSR count). The van der Waals surface area contributed by atoms with Gasteiger partial charge in [0.1, 0.15) is 0 Å². The third-order valence-electron chi connectivity index (χ3n) is 2.82. The van der Waals surface area contributed by atoms with Gasteiger partial charge in [-0.15, -0.1) is 11.3 Å². The molecule has 0 fully saturated rings. The molecule has 5 N–H and O–H groups in total. The highest BCUT2D eigenvalue weighted by Crippen LogP contribution is 2.16. The fourth-order valence-corrected chi connectivity index (χ4v) is 2.64. The topological polar surface area (TPSA) is 116 Å². The zero-order valence-electron chi connectivity index (χ0n) is 9.96. The van der Waals surface area contributed by atoms with E-state index in [1.165, 1.54) is 4.88 Å². The van der Waals surface area contributed by atoms with E-state index in [0.29, 0.717) is 12.2 Å². The number of H-pyrrole nitrogens is 1. The van der Waals surface area contributed by atoms with Crippen LogP contribution in [0.3, 0.4) is 0 Å². The number of fused-ring (bicyclic) bond motifs is 1. The van der Waals surface area contributed by atoms with Gasteiger partial charge in [0.15, 0.2) is 11.2 Å². The van der Waals surface area contributed by atoms with Crippen LogP contribution in [0.25, 0.3) is 11.2 Å². The number of hydrogen-bond donors (Lipinski definition) is 3. The summed E-state index contributed by atoms with van der Waals surface area (Å²) in [6.45, 7) is 0.610. The van der Waals surface area contributed by atoms with E-state index in [1.807, 2.05) is 11.4 Å². The zero-order chi connectivity index (χ0) is 13.4. The van der Waals surface area contributed by atoms with Crippen molar-refractivity contribution in [2.24, 2.45) is 0 Å². The quantitative estimate of drug-likeness (QED) is 0.647. The van der Waals surface area contributed by atoms with Gasteiger partial charge in [0.05, 0.1) is 0 Å². The molecule has 0 bridgehead atoms. The van der Waals surface area contributed by atoms with Crippen LogP contribution in [-0.2, 0) is 13.0 Å². The number of nitrogens with one attached hydrogen (secondary N) is 1. The molecule has 0 saturated heterocycles. The van der Waals surface area contributed by atoms with Gasteiger partial charge in [-0.25, -0.2) is 4.98 Å². The minimum atomic E-state index is -0.371. The molecule has 0 aliphatic carbocycles. The monoisotopic (exact) mass is 276 g/mol. The van der Waals surface area contributed by atoms with E-state index in [1.54, 1.807) is 15.9 Å². The lowest BCUT2D eigenvalue weighted by molar-refractivity contribution is 0.726. The van der Waals surface area contributed by atoms with Crippen LogP contribution in [0.1, 0.15) is 4.88 Å². The van der Waals surface area contributed by atoms with Gasteiger partial charge >= 0.3 is 0 Å². The first-order valence-corrected chi connectivity index (χ1v) is 6.57. The lowest BCUT2D eigenvalue weighted by atomic mass is 10.3. The highest BCUT2D eigenvalue weighted by Gasteiger charge is 2.13. The summed E-state index contributed by atoms with van der Waals surface area (Å²) in [5.74, 6) is 0.338. The maximum Gasteiger partial charge on any atom is 0.280 e. The van der Waals surface area contributed by atoms with Crippen molar-refractivity contribution in [2.75, 3.05) is 11.5 Å². The average Bonchev–Trinajstić information content (AvgIpc) is 2.95. The Balaban J connectivity index is 2.03. The molecule has 0 atom stereocenters. The van der Waals surface area contributed by atoms with Crippen LogP contribution in [0.5, 0.6) is 0 Å². The second-order valence-electron chi connectivity index (χ2n) is 4.07. The molecule has 0 radical (unpaired) electrons. The molecule has 0 saturated carbocycles. The number of hydrogen-bond acceptors (Lipinski definition) is 6. The summed E-state index contributed by atoms with van der Waals surface area (Å²) in [7, 11) is 0. The number of anilines is 2. The van der Waals surface area contributed by atoms with E-state index in [9.17, 15) is 4.79 Å². The van der Waals surface area contributed by atoms with Crippen molar-refractivity contribution < 1.29 is 0 Å². The van der Waals surface area contributed by atoms with E-state index in [0.717, 1.165) is 6.42 Å². The van der Waals surface area contributed by atoms with Crippen LogP contribution in [0.2, 0.25) is 0 Å². The molecule has 0 aliphatic rings. The Hall–Kier alpha value is -2.35. The third kappa shape index (κ3) is 2.06. The zero-order valence-corrected chi connectivity index (χ0v) is 10.8. The number of nitrogens with two attached hydrogens (primary N) is 2. The summed E-state index contributed by atoms with van der Waals surface area (Å²) in [6.07, 6.45) is 0.807. The van der Waals surface area contributed by atoms with Crippen LogP contribution < -0.4 is 17.0 Å². The molecule has 0 aliphatic heterocycles. The number of thiophene rings is 1. The van der Waals surface area contributed by atoms with Crippen molar-refractivity contribution in [1.29, 1.82) is 0 Å². The number of nitrogen functional groups attached to an aromatic ring is 2. The highest BCUT2D eigenvalue weighted by molar-refractivity contribution is 7.09. The fourth-order valence-electron chi connectivity index (χ4n) is 1.94. The smallest absolute Gasteiger partial charge is 0.280 e. The van der Waals surface area contributed by atoms with Crippen molar-refractivity contribution in [1.82, 2.24) is 19.5 Å². The predicted molar refractivity (Wildman–Crippen MR) is 75.0 cm³/mol. The van der Waals surface area contributed by atoms with Gasteiger partial charge in [0.2, 0.25) is 11.9 Å². The van der Waals surface area contributed by atoms with Crippen molar-refractivity contribution >= 4 is 34.4 Å². The molecular weight excluding hydrogens is 264 g/mol. The minimum Gasteiger partial charge on any atom is -0.369 e. The maximum atomic E-state index is 11.7. The molecule has 0 unspecified atom stereocenters. The molecule has 0 spiro atoms. The molecule has 0 amide bonds. The van der Waals surface area contributed by atoms with Crippen LogP contribution in [0.15, 0.2) is 22.3 Å². The molecule has 3 aromatic rings. The number of rotatable bonds is 3. The molecule has 3 aromatic heterocycles. The molecule has 0 aromatic carbocycles. The van der Waals surface area contributed by atoms with Gasteiger partial charge in [-0.3, -0.25) is 14.3 Å². The Labute approximate surface area is 111 Å². The summed E-state index contributed by atoms with van der Waals surface area (Å²) in [5.41, 5.74) is 11.7. The second-order valence-corrected chi connectivity index (χ2v) is 5.11. The summed E-state index contributed by atoms with van der Waals surface area (Å²) in [4.78, 5) is 23.5. The lowest BCUT2D eigenvalue weighted by Crippen LogP contribution is -2.12. The molecule has 98 valence electrons. The standard InChI is InChI=1S/C11H12N6OS/c12-10-15-8-7(9(18)16-10)14-11(13)17(8)4-3-6-2-1-5-19-6/h1-2,5H,3-4H2,(H2,13,14)(H3,12,15,16,18). The van der Waals surface area contributed by atoms with Crippen molar-refractivity contribution in [2.45, 2.75) is 13.0 Å². The van der Waals surface area contributed by atoms with Crippen molar-refractivity contribution in [3.63, 3.8) is 0 Å². The molecule has 19 heavy (non-hydrogen) atoms. The minimum absolute atomic E-state index is 0.0646. The third-order valence-corrected chi connectivity index (χ3v) is 3.75. The fraction of sp³-hybridized carbons (Fsp3) is 0.182. The SMILES string of the molecule is Nc1nc2c(nc(N)n2CCc2cccs2)c(=O)[nH]1. The first-order valence-electron chi connectivity index (χ1n) is 5.69. The normalized spacial score (nSPS) is 11.2. The Morgan fingerprint density at radius 2 is 2.21 bits per heavy atom. The van der Waals surface area contributed by atoms with Crippen molar-refractivity contribution in [3.05, 3.63) is 32.7 Å².